The van der Waals surface area contributed by atoms with E-state index in [1.54, 1.807) is 73.8 Å². The van der Waals surface area contributed by atoms with Crippen molar-refractivity contribution >= 4 is 17.4 Å². The van der Waals surface area contributed by atoms with Gasteiger partial charge in [0.25, 0.3) is 0 Å². The van der Waals surface area contributed by atoms with Crippen LogP contribution in [-0.4, -0.2) is 12.9 Å². The number of hydrogen-bond acceptors (Lipinski definition) is 4. The van der Waals surface area contributed by atoms with Gasteiger partial charge in [0.1, 0.15) is 28.8 Å². The Labute approximate surface area is 177 Å². The summed E-state index contributed by atoms with van der Waals surface area (Å²) in [5.41, 5.74) is 1.04. The number of methoxy groups -OCH3 is 1. The summed E-state index contributed by atoms with van der Waals surface area (Å²) in [6.45, 7) is 0. The number of carbonyl (C=O) groups is 1. The molecule has 0 amide bonds. The molecule has 4 aromatic rings. The summed E-state index contributed by atoms with van der Waals surface area (Å²) in [5.74, 6) is 1.81. The molecule has 0 bridgehead atoms. The summed E-state index contributed by atoms with van der Waals surface area (Å²) in [6, 6.07) is 21.4. The first-order chi connectivity index (χ1) is 14.5. The van der Waals surface area contributed by atoms with Crippen molar-refractivity contribution in [3.63, 3.8) is 0 Å². The number of ether oxygens (including phenoxy) is 2. The van der Waals surface area contributed by atoms with E-state index in [4.69, 9.17) is 25.5 Å². The van der Waals surface area contributed by atoms with E-state index >= 15 is 0 Å². The largest absolute Gasteiger partial charge is 0.497 e. The zero-order chi connectivity index (χ0) is 21.1. The number of rotatable bonds is 6. The first kappa shape index (κ1) is 19.7. The monoisotopic (exact) mass is 422 g/mol. The number of furan rings is 1. The van der Waals surface area contributed by atoms with E-state index in [-0.39, 0.29) is 16.6 Å². The Kier molecular flexibility index (Phi) is 5.55. The van der Waals surface area contributed by atoms with Crippen LogP contribution in [0.15, 0.2) is 83.3 Å². The zero-order valence-electron chi connectivity index (χ0n) is 15.9. The molecule has 0 saturated heterocycles. The van der Waals surface area contributed by atoms with Crippen LogP contribution < -0.4 is 9.47 Å². The molecule has 0 aliphatic rings. The maximum absolute atomic E-state index is 13.3. The number of hydrogen-bond donors (Lipinski definition) is 0. The molecule has 6 heteroatoms. The van der Waals surface area contributed by atoms with Gasteiger partial charge < -0.3 is 13.9 Å². The topological polar surface area (TPSA) is 48.7 Å². The normalized spacial score (nSPS) is 10.6. The van der Waals surface area contributed by atoms with Gasteiger partial charge in [0.15, 0.2) is 5.76 Å². The number of ketones is 1. The standard InChI is InChI=1S/C24H16ClFO4/c1-28-17-7-9-19(10-8-17)29-18-5-2-15(3-6-18)24(27)23-13-12-22(30-23)16-4-11-21(26)20(25)14-16/h2-14H,1H3. The minimum atomic E-state index is -0.514. The van der Waals surface area contributed by atoms with Gasteiger partial charge in [0.05, 0.1) is 12.1 Å². The maximum atomic E-state index is 13.3. The van der Waals surface area contributed by atoms with Crippen molar-refractivity contribution in [2.45, 2.75) is 0 Å². The molecule has 0 saturated carbocycles. The van der Waals surface area contributed by atoms with Crippen molar-refractivity contribution in [3.05, 3.63) is 101 Å². The lowest BCUT2D eigenvalue weighted by atomic mass is 10.1. The van der Waals surface area contributed by atoms with E-state index in [9.17, 15) is 9.18 Å². The molecule has 1 aromatic heterocycles. The van der Waals surface area contributed by atoms with Crippen LogP contribution in [0.3, 0.4) is 0 Å². The molecule has 0 radical (unpaired) electrons. The molecule has 150 valence electrons. The van der Waals surface area contributed by atoms with Crippen molar-refractivity contribution in [1.29, 1.82) is 0 Å². The van der Waals surface area contributed by atoms with E-state index < -0.39 is 5.82 Å². The lowest BCUT2D eigenvalue weighted by molar-refractivity contribution is 0.101. The highest BCUT2D eigenvalue weighted by atomic mass is 35.5. The fourth-order valence-corrected chi connectivity index (χ4v) is 3.04. The molecule has 0 aliphatic heterocycles. The third kappa shape index (κ3) is 4.21. The second-order valence-electron chi connectivity index (χ2n) is 6.42. The predicted octanol–water partition coefficient (Wildman–Crippen LogP) is 6.77. The Balaban J connectivity index is 1.48. The molecule has 1 heterocycles. The van der Waals surface area contributed by atoms with Gasteiger partial charge in [-0.2, -0.15) is 0 Å². The molecule has 30 heavy (non-hydrogen) atoms. The summed E-state index contributed by atoms with van der Waals surface area (Å²) in [5, 5.41) is -0.00998. The van der Waals surface area contributed by atoms with Crippen LogP contribution in [0.4, 0.5) is 4.39 Å². The van der Waals surface area contributed by atoms with E-state index in [0.717, 1.165) is 5.75 Å². The Hall–Kier alpha value is -3.57. The van der Waals surface area contributed by atoms with Crippen LogP contribution in [0.5, 0.6) is 17.2 Å². The van der Waals surface area contributed by atoms with Gasteiger partial charge in [-0.05, 0) is 78.9 Å². The number of carbonyl (C=O) groups excluding carboxylic acids is 1. The molecular formula is C24H16ClFO4. The van der Waals surface area contributed by atoms with Crippen LogP contribution in [0.2, 0.25) is 5.02 Å². The van der Waals surface area contributed by atoms with E-state index in [2.05, 4.69) is 0 Å². The van der Waals surface area contributed by atoms with Crippen LogP contribution in [0.25, 0.3) is 11.3 Å². The van der Waals surface area contributed by atoms with Crippen LogP contribution in [0, 0.1) is 5.82 Å². The molecule has 4 nitrogen and oxygen atoms in total. The minimum Gasteiger partial charge on any atom is -0.497 e. The van der Waals surface area contributed by atoms with Crippen LogP contribution >= 0.6 is 11.6 Å². The first-order valence-electron chi connectivity index (χ1n) is 9.05. The van der Waals surface area contributed by atoms with Crippen molar-refractivity contribution in [3.8, 4) is 28.6 Å². The summed E-state index contributed by atoms with van der Waals surface area (Å²) in [4.78, 5) is 12.7. The van der Waals surface area contributed by atoms with E-state index in [1.807, 2.05) is 0 Å². The molecule has 0 spiro atoms. The van der Waals surface area contributed by atoms with Crippen molar-refractivity contribution in [1.82, 2.24) is 0 Å². The average molecular weight is 423 g/mol. The van der Waals surface area contributed by atoms with Crippen LogP contribution in [-0.2, 0) is 0 Å². The predicted molar refractivity (Wildman–Crippen MR) is 112 cm³/mol. The second kappa shape index (κ2) is 8.43. The molecular weight excluding hydrogens is 407 g/mol. The van der Waals surface area contributed by atoms with Crippen molar-refractivity contribution < 1.29 is 23.1 Å². The van der Waals surface area contributed by atoms with Gasteiger partial charge in [0, 0.05) is 11.1 Å². The molecule has 0 aliphatic carbocycles. The van der Waals surface area contributed by atoms with Gasteiger partial charge in [-0.3, -0.25) is 4.79 Å². The lowest BCUT2D eigenvalue weighted by Crippen LogP contribution is -1.99. The maximum Gasteiger partial charge on any atom is 0.228 e. The quantitative estimate of drug-likeness (QED) is 0.322. The molecule has 0 atom stereocenters. The highest BCUT2D eigenvalue weighted by Crippen LogP contribution is 2.28. The highest BCUT2D eigenvalue weighted by molar-refractivity contribution is 6.31. The smallest absolute Gasteiger partial charge is 0.228 e. The van der Waals surface area contributed by atoms with Gasteiger partial charge in [-0.25, -0.2) is 4.39 Å². The summed E-state index contributed by atoms with van der Waals surface area (Å²) in [6.07, 6.45) is 0. The Morgan fingerprint density at radius 3 is 2.13 bits per heavy atom. The molecule has 3 aromatic carbocycles. The van der Waals surface area contributed by atoms with Gasteiger partial charge >= 0.3 is 0 Å². The van der Waals surface area contributed by atoms with E-state index in [1.165, 1.54) is 12.1 Å². The SMILES string of the molecule is COc1ccc(Oc2ccc(C(=O)c3ccc(-c4ccc(F)c(Cl)c4)o3)cc2)cc1. The molecule has 0 unspecified atom stereocenters. The fourth-order valence-electron chi connectivity index (χ4n) is 2.86. The van der Waals surface area contributed by atoms with Gasteiger partial charge in [0.2, 0.25) is 5.78 Å². The third-order valence-corrected chi connectivity index (χ3v) is 4.74. The Morgan fingerprint density at radius 1 is 0.867 bits per heavy atom. The van der Waals surface area contributed by atoms with Crippen molar-refractivity contribution in [2.24, 2.45) is 0 Å². The Bertz CT molecular complexity index is 1180. The Morgan fingerprint density at radius 2 is 1.50 bits per heavy atom. The fraction of sp³-hybridized carbons (Fsp3) is 0.0417. The van der Waals surface area contributed by atoms with Crippen molar-refractivity contribution in [2.75, 3.05) is 7.11 Å². The third-order valence-electron chi connectivity index (χ3n) is 4.45. The van der Waals surface area contributed by atoms with Gasteiger partial charge in [-0.1, -0.05) is 11.6 Å². The summed E-state index contributed by atoms with van der Waals surface area (Å²) in [7, 11) is 1.60. The average Bonchev–Trinajstić information content (AvgIpc) is 3.26. The van der Waals surface area contributed by atoms with Crippen LogP contribution in [0.1, 0.15) is 16.1 Å². The summed E-state index contributed by atoms with van der Waals surface area (Å²) >= 11 is 5.82. The highest BCUT2D eigenvalue weighted by Gasteiger charge is 2.15. The minimum absolute atomic E-state index is 0.00998. The lowest BCUT2D eigenvalue weighted by Gasteiger charge is -2.07. The van der Waals surface area contributed by atoms with E-state index in [0.29, 0.717) is 28.4 Å². The second-order valence-corrected chi connectivity index (χ2v) is 6.83. The first-order valence-corrected chi connectivity index (χ1v) is 9.43. The summed E-state index contributed by atoms with van der Waals surface area (Å²) < 4.78 is 29.9. The number of benzene rings is 3. The van der Waals surface area contributed by atoms with Gasteiger partial charge in [-0.15, -0.1) is 0 Å². The molecule has 0 N–H and O–H groups in total. The zero-order valence-corrected chi connectivity index (χ0v) is 16.7. The molecule has 0 fully saturated rings. The number of halogens is 2. The molecule has 4 rings (SSSR count).